The smallest absolute Gasteiger partial charge is 0.265 e. The van der Waals surface area contributed by atoms with Crippen LogP contribution in [0.15, 0.2) is 48.5 Å². The average molecular weight is 367 g/mol. The molecule has 132 valence electrons. The lowest BCUT2D eigenvalue weighted by atomic mass is 10.2. The summed E-state index contributed by atoms with van der Waals surface area (Å²) < 4.78 is 6.46. The third kappa shape index (κ3) is 2.90. The molecule has 0 N–H and O–H groups in total. The molecular weight excluding hydrogens is 350 g/mol. The Morgan fingerprint density at radius 2 is 2.00 bits per heavy atom. The zero-order valence-corrected chi connectivity index (χ0v) is 15.0. The number of thiazole rings is 1. The molecule has 0 saturated carbocycles. The fourth-order valence-electron chi connectivity index (χ4n) is 2.94. The van der Waals surface area contributed by atoms with Gasteiger partial charge in [0.2, 0.25) is 5.91 Å². The quantitative estimate of drug-likeness (QED) is 0.711. The minimum Gasteiger partial charge on any atom is -0.482 e. The second-order valence-corrected chi connectivity index (χ2v) is 6.85. The number of rotatable bonds is 4. The second kappa shape index (κ2) is 6.76. The normalized spacial score (nSPS) is 13.4. The van der Waals surface area contributed by atoms with Crippen molar-refractivity contribution >= 4 is 44.2 Å². The van der Waals surface area contributed by atoms with Crippen LogP contribution in [0.4, 0.5) is 10.8 Å². The molecule has 2 aromatic carbocycles. The SMILES string of the molecule is CCN(C(=O)CN1C(=O)COc2ccccc21)c1nc2ccccc2s1. The van der Waals surface area contributed by atoms with Gasteiger partial charge in [-0.3, -0.25) is 19.4 Å². The van der Waals surface area contributed by atoms with Crippen LogP contribution in [0, 0.1) is 0 Å². The molecule has 0 fully saturated rings. The van der Waals surface area contributed by atoms with E-state index in [1.165, 1.54) is 16.2 Å². The summed E-state index contributed by atoms with van der Waals surface area (Å²) in [6.45, 7) is 2.29. The zero-order valence-electron chi connectivity index (χ0n) is 14.2. The van der Waals surface area contributed by atoms with Crippen molar-refractivity contribution in [1.82, 2.24) is 4.98 Å². The molecule has 0 saturated heterocycles. The number of ether oxygens (including phenoxy) is 1. The number of hydrogen-bond donors (Lipinski definition) is 0. The molecular formula is C19H17N3O3S. The third-order valence-electron chi connectivity index (χ3n) is 4.23. The van der Waals surface area contributed by atoms with Crippen LogP contribution in [0.5, 0.6) is 5.75 Å². The summed E-state index contributed by atoms with van der Waals surface area (Å²) in [6, 6.07) is 15.0. The van der Waals surface area contributed by atoms with Gasteiger partial charge in [-0.1, -0.05) is 35.6 Å². The largest absolute Gasteiger partial charge is 0.482 e. The minimum absolute atomic E-state index is 0.0387. The van der Waals surface area contributed by atoms with Crippen LogP contribution < -0.4 is 14.5 Å². The summed E-state index contributed by atoms with van der Waals surface area (Å²) in [5, 5.41) is 0.646. The van der Waals surface area contributed by atoms with Crippen molar-refractivity contribution in [1.29, 1.82) is 0 Å². The van der Waals surface area contributed by atoms with Crippen molar-refractivity contribution in [3.8, 4) is 5.75 Å². The number of aromatic nitrogens is 1. The Bertz CT molecular complexity index is 952. The van der Waals surface area contributed by atoms with Crippen molar-refractivity contribution in [3.05, 3.63) is 48.5 Å². The first kappa shape index (κ1) is 16.5. The van der Waals surface area contributed by atoms with Gasteiger partial charge in [-0.15, -0.1) is 0 Å². The van der Waals surface area contributed by atoms with Gasteiger partial charge in [0.25, 0.3) is 5.91 Å². The first-order valence-electron chi connectivity index (χ1n) is 8.35. The topological polar surface area (TPSA) is 62.7 Å². The van der Waals surface area contributed by atoms with Gasteiger partial charge in [-0.05, 0) is 31.2 Å². The fourth-order valence-corrected chi connectivity index (χ4v) is 3.99. The maximum Gasteiger partial charge on any atom is 0.265 e. The van der Waals surface area contributed by atoms with Gasteiger partial charge in [-0.2, -0.15) is 0 Å². The van der Waals surface area contributed by atoms with Crippen LogP contribution in [0.1, 0.15) is 6.92 Å². The number of likely N-dealkylation sites (N-methyl/N-ethyl adjacent to an activating group) is 1. The van der Waals surface area contributed by atoms with Gasteiger partial charge in [0, 0.05) is 6.54 Å². The number of anilines is 2. The maximum atomic E-state index is 12.9. The Balaban J connectivity index is 1.61. The van der Waals surface area contributed by atoms with Gasteiger partial charge in [0.05, 0.1) is 15.9 Å². The lowest BCUT2D eigenvalue weighted by Crippen LogP contribution is -2.46. The molecule has 1 aliphatic rings. The van der Waals surface area contributed by atoms with Crippen molar-refractivity contribution < 1.29 is 14.3 Å². The summed E-state index contributed by atoms with van der Waals surface area (Å²) in [7, 11) is 0. The molecule has 0 radical (unpaired) electrons. The average Bonchev–Trinajstić information content (AvgIpc) is 3.08. The molecule has 26 heavy (non-hydrogen) atoms. The van der Waals surface area contributed by atoms with Crippen LogP contribution in [-0.4, -0.2) is 36.5 Å². The van der Waals surface area contributed by atoms with Crippen LogP contribution in [-0.2, 0) is 9.59 Å². The molecule has 6 nitrogen and oxygen atoms in total. The zero-order chi connectivity index (χ0) is 18.1. The van der Waals surface area contributed by atoms with Crippen LogP contribution >= 0.6 is 11.3 Å². The first-order chi connectivity index (χ1) is 12.7. The van der Waals surface area contributed by atoms with Gasteiger partial charge < -0.3 is 4.74 Å². The van der Waals surface area contributed by atoms with Crippen molar-refractivity contribution in [2.24, 2.45) is 0 Å². The third-order valence-corrected chi connectivity index (χ3v) is 5.29. The molecule has 3 aromatic rings. The number of carbonyl (C=O) groups excluding carboxylic acids is 2. The number of benzene rings is 2. The number of fused-ring (bicyclic) bond motifs is 2. The van der Waals surface area contributed by atoms with E-state index in [0.29, 0.717) is 23.1 Å². The Kier molecular flexibility index (Phi) is 4.30. The summed E-state index contributed by atoms with van der Waals surface area (Å²) in [5.41, 5.74) is 1.49. The highest BCUT2D eigenvalue weighted by atomic mass is 32.1. The number of para-hydroxylation sites is 3. The molecule has 0 spiro atoms. The molecule has 1 aromatic heterocycles. The van der Waals surface area contributed by atoms with Gasteiger partial charge in [-0.25, -0.2) is 4.98 Å². The standard InChI is InChI=1S/C19H17N3O3S/c1-2-21(19-20-13-7-3-6-10-16(13)26-19)17(23)11-22-14-8-4-5-9-15(14)25-12-18(22)24/h3-10H,2,11-12H2,1H3. The van der Waals surface area contributed by atoms with Gasteiger partial charge >= 0.3 is 0 Å². The van der Waals surface area contributed by atoms with E-state index in [4.69, 9.17) is 4.74 Å². The second-order valence-electron chi connectivity index (χ2n) is 5.84. The number of nitrogens with zero attached hydrogens (tertiary/aromatic N) is 3. The predicted octanol–water partition coefficient (Wildman–Crippen LogP) is 3.07. The molecule has 4 rings (SSSR count). The van der Waals surface area contributed by atoms with E-state index in [1.54, 1.807) is 17.0 Å². The van der Waals surface area contributed by atoms with E-state index in [-0.39, 0.29) is 25.0 Å². The maximum absolute atomic E-state index is 12.9. The van der Waals surface area contributed by atoms with Crippen LogP contribution in [0.3, 0.4) is 0 Å². The highest BCUT2D eigenvalue weighted by molar-refractivity contribution is 7.22. The highest BCUT2D eigenvalue weighted by Crippen LogP contribution is 2.32. The Labute approximate surface area is 154 Å². The fraction of sp³-hybridized carbons (Fsp3) is 0.211. The van der Waals surface area contributed by atoms with Crippen LogP contribution in [0.2, 0.25) is 0 Å². The van der Waals surface area contributed by atoms with Crippen molar-refractivity contribution in [2.45, 2.75) is 6.92 Å². The first-order valence-corrected chi connectivity index (χ1v) is 9.17. The Hall–Kier alpha value is -2.93. The summed E-state index contributed by atoms with van der Waals surface area (Å²) in [6.07, 6.45) is 0. The predicted molar refractivity (Wildman–Crippen MR) is 102 cm³/mol. The van der Waals surface area contributed by atoms with E-state index >= 15 is 0 Å². The number of amides is 2. The molecule has 1 aliphatic heterocycles. The van der Waals surface area contributed by atoms with E-state index in [0.717, 1.165) is 10.2 Å². The lowest BCUT2D eigenvalue weighted by Gasteiger charge is -2.30. The van der Waals surface area contributed by atoms with E-state index in [1.807, 2.05) is 43.3 Å². The van der Waals surface area contributed by atoms with E-state index < -0.39 is 0 Å². The molecule has 0 aliphatic carbocycles. The van der Waals surface area contributed by atoms with Crippen LogP contribution in [0.25, 0.3) is 10.2 Å². The monoisotopic (exact) mass is 367 g/mol. The molecule has 7 heteroatoms. The highest BCUT2D eigenvalue weighted by Gasteiger charge is 2.29. The molecule has 0 bridgehead atoms. The lowest BCUT2D eigenvalue weighted by molar-refractivity contribution is -0.124. The van der Waals surface area contributed by atoms with Gasteiger partial charge in [0.1, 0.15) is 12.3 Å². The summed E-state index contributed by atoms with van der Waals surface area (Å²) in [5.74, 6) is 0.219. The number of hydrogen-bond acceptors (Lipinski definition) is 5. The van der Waals surface area contributed by atoms with Crippen molar-refractivity contribution in [3.63, 3.8) is 0 Å². The number of carbonyl (C=O) groups is 2. The summed E-state index contributed by atoms with van der Waals surface area (Å²) in [4.78, 5) is 32.9. The molecule has 2 heterocycles. The molecule has 2 amide bonds. The Morgan fingerprint density at radius 1 is 1.23 bits per heavy atom. The Morgan fingerprint density at radius 3 is 2.81 bits per heavy atom. The van der Waals surface area contributed by atoms with E-state index in [9.17, 15) is 9.59 Å². The van der Waals surface area contributed by atoms with E-state index in [2.05, 4.69) is 4.98 Å². The molecule has 0 unspecified atom stereocenters. The molecule has 0 atom stereocenters. The van der Waals surface area contributed by atoms with Gasteiger partial charge in [0.15, 0.2) is 11.7 Å². The minimum atomic E-state index is -0.225. The summed E-state index contributed by atoms with van der Waals surface area (Å²) >= 11 is 1.47. The van der Waals surface area contributed by atoms with Crippen molar-refractivity contribution in [2.75, 3.05) is 29.5 Å².